The smallest absolute Gasteiger partial charge is 0.335 e. The number of likely N-dealkylation sites (N-methyl/N-ethyl adjacent to an activating group) is 1. The van der Waals surface area contributed by atoms with E-state index in [1.54, 1.807) is 32.4 Å². The molecule has 194 valence electrons. The molecule has 34 heavy (non-hydrogen) atoms. The molecule has 1 aromatic rings. The maximum absolute atomic E-state index is 11.8. The highest BCUT2D eigenvalue weighted by Crippen LogP contribution is 2.28. The fraction of sp³-hybridized carbons (Fsp3) is 0.609. The lowest BCUT2D eigenvalue weighted by atomic mass is 10.0. The van der Waals surface area contributed by atoms with Gasteiger partial charge < -0.3 is 38.8 Å². The van der Waals surface area contributed by atoms with E-state index in [2.05, 4.69) is 5.32 Å². The van der Waals surface area contributed by atoms with Crippen molar-refractivity contribution in [1.29, 1.82) is 0 Å². The lowest BCUT2D eigenvalue weighted by Gasteiger charge is -2.33. The lowest BCUT2D eigenvalue weighted by molar-refractivity contribution is -0.204. The van der Waals surface area contributed by atoms with Crippen molar-refractivity contribution in [3.8, 4) is 5.75 Å². The molecule has 1 aliphatic heterocycles. The summed E-state index contributed by atoms with van der Waals surface area (Å²) in [6.45, 7) is 3.39. The van der Waals surface area contributed by atoms with Gasteiger partial charge in [0.15, 0.2) is 12.4 Å². The van der Waals surface area contributed by atoms with Crippen LogP contribution in [0.25, 0.3) is 0 Å². The van der Waals surface area contributed by atoms with Crippen LogP contribution in [0.5, 0.6) is 5.75 Å². The first-order chi connectivity index (χ1) is 16.4. The third-order valence-corrected chi connectivity index (χ3v) is 4.37. The number of esters is 2. The van der Waals surface area contributed by atoms with Crippen LogP contribution in [-0.4, -0.2) is 90.5 Å². The minimum atomic E-state index is -0.921. The highest BCUT2D eigenvalue weighted by molar-refractivity contribution is 5.79. The molecule has 0 amide bonds. The van der Waals surface area contributed by atoms with Crippen LogP contribution in [0, 0.1) is 0 Å². The standard InChI is InChI=1S/C18H22O8.C4H11NO.CH4O/c1-11(20)24-14-7-16(18(21)23-3)26-17(8-14)25-15-5-4-12(10-22-2)6-13(15)9-19;1-5-3-4-6-2;1-2/h4-6,9,14,16-17H,7-8,10H2,1-3H3;5H,3-4H2,1-2H3;2H,1H3. The van der Waals surface area contributed by atoms with E-state index in [4.69, 9.17) is 33.5 Å². The van der Waals surface area contributed by atoms with Gasteiger partial charge in [-0.25, -0.2) is 4.79 Å². The van der Waals surface area contributed by atoms with E-state index in [9.17, 15) is 14.4 Å². The van der Waals surface area contributed by atoms with Crippen molar-refractivity contribution in [3.05, 3.63) is 29.3 Å². The Balaban J connectivity index is 0.00000118. The summed E-state index contributed by atoms with van der Waals surface area (Å²) in [5.41, 5.74) is 1.14. The number of benzene rings is 1. The van der Waals surface area contributed by atoms with Crippen LogP contribution in [0.2, 0.25) is 0 Å². The number of hydrogen-bond donors (Lipinski definition) is 2. The van der Waals surface area contributed by atoms with Crippen LogP contribution in [0.4, 0.5) is 0 Å². The van der Waals surface area contributed by atoms with Crippen molar-refractivity contribution < 1.29 is 47.9 Å². The predicted octanol–water partition coefficient (Wildman–Crippen LogP) is 1.09. The average Bonchev–Trinajstić information content (AvgIpc) is 2.84. The molecule has 0 saturated carbocycles. The van der Waals surface area contributed by atoms with Crippen molar-refractivity contribution in [2.24, 2.45) is 0 Å². The highest BCUT2D eigenvalue weighted by atomic mass is 16.7. The SMILES string of the molecule is CNCCOC.CO.COCc1ccc(OC2CC(OC(C)=O)CC(C(=O)OC)O2)c(C=O)c1. The number of carbonyl (C=O) groups is 3. The minimum absolute atomic E-state index is 0.180. The van der Waals surface area contributed by atoms with E-state index in [1.165, 1.54) is 14.0 Å². The van der Waals surface area contributed by atoms with Crippen molar-refractivity contribution >= 4 is 18.2 Å². The van der Waals surface area contributed by atoms with Crippen LogP contribution in [0.1, 0.15) is 35.7 Å². The summed E-state index contributed by atoms with van der Waals surface area (Å²) in [5, 5.41) is 9.94. The molecule has 11 nitrogen and oxygen atoms in total. The normalized spacial score (nSPS) is 18.9. The number of aldehydes is 1. The zero-order valence-electron chi connectivity index (χ0n) is 20.7. The summed E-state index contributed by atoms with van der Waals surface area (Å²) in [4.78, 5) is 34.4. The molecule has 0 radical (unpaired) electrons. The van der Waals surface area contributed by atoms with Gasteiger partial charge in [-0.1, -0.05) is 6.07 Å². The molecule has 3 unspecified atom stereocenters. The van der Waals surface area contributed by atoms with Gasteiger partial charge >= 0.3 is 11.9 Å². The molecule has 3 atom stereocenters. The summed E-state index contributed by atoms with van der Waals surface area (Å²) < 4.78 is 31.0. The molecular weight excluding hydrogens is 450 g/mol. The van der Waals surface area contributed by atoms with Crippen molar-refractivity contribution in [2.45, 2.75) is 44.9 Å². The van der Waals surface area contributed by atoms with E-state index in [0.717, 1.165) is 25.8 Å². The number of ether oxygens (including phenoxy) is 6. The topological polar surface area (TPSA) is 139 Å². The van der Waals surface area contributed by atoms with Gasteiger partial charge in [0.2, 0.25) is 6.29 Å². The minimum Gasteiger partial charge on any atom is -0.467 e. The summed E-state index contributed by atoms with van der Waals surface area (Å²) in [5.74, 6) is -0.741. The molecule has 1 aromatic carbocycles. The zero-order chi connectivity index (χ0) is 25.9. The largest absolute Gasteiger partial charge is 0.467 e. The fourth-order valence-electron chi connectivity index (χ4n) is 2.93. The van der Waals surface area contributed by atoms with Gasteiger partial charge in [-0.2, -0.15) is 0 Å². The number of carbonyl (C=O) groups excluding carboxylic acids is 3. The first kappa shape index (κ1) is 31.4. The molecule has 1 saturated heterocycles. The van der Waals surface area contributed by atoms with Crippen molar-refractivity contribution in [3.63, 3.8) is 0 Å². The van der Waals surface area contributed by atoms with Gasteiger partial charge in [0.25, 0.3) is 0 Å². The van der Waals surface area contributed by atoms with Gasteiger partial charge in [0.1, 0.15) is 11.9 Å². The van der Waals surface area contributed by atoms with Crippen LogP contribution >= 0.6 is 0 Å². The monoisotopic (exact) mass is 487 g/mol. The van der Waals surface area contributed by atoms with Crippen molar-refractivity contribution in [1.82, 2.24) is 5.32 Å². The molecule has 11 heteroatoms. The number of nitrogens with one attached hydrogen (secondary N) is 1. The number of aliphatic hydroxyl groups excluding tert-OH is 1. The Kier molecular flexibility index (Phi) is 17.4. The van der Waals surface area contributed by atoms with E-state index in [-0.39, 0.29) is 12.8 Å². The molecule has 0 aromatic heterocycles. The Hall–Kier alpha value is -2.57. The second kappa shape index (κ2) is 18.8. The Bertz CT molecular complexity index is 724. The maximum atomic E-state index is 11.8. The van der Waals surface area contributed by atoms with Gasteiger partial charge in [-0.15, -0.1) is 0 Å². The Morgan fingerprint density at radius 3 is 2.38 bits per heavy atom. The molecule has 0 aliphatic carbocycles. The van der Waals surface area contributed by atoms with Gasteiger partial charge in [-0.05, 0) is 24.7 Å². The molecule has 1 fully saturated rings. The van der Waals surface area contributed by atoms with E-state index in [1.807, 2.05) is 7.05 Å². The first-order valence-electron chi connectivity index (χ1n) is 10.6. The van der Waals surface area contributed by atoms with Crippen molar-refractivity contribution in [2.75, 3.05) is 48.6 Å². The van der Waals surface area contributed by atoms with Crippen LogP contribution < -0.4 is 10.1 Å². The summed E-state index contributed by atoms with van der Waals surface area (Å²) in [6.07, 6.45) is -1.27. The molecule has 0 spiro atoms. The van der Waals surface area contributed by atoms with E-state index in [0.29, 0.717) is 24.2 Å². The Labute approximate surface area is 200 Å². The summed E-state index contributed by atoms with van der Waals surface area (Å²) in [7, 11) is 7.40. The van der Waals surface area contributed by atoms with Crippen LogP contribution in [-0.2, 0) is 39.9 Å². The molecule has 1 heterocycles. The second-order valence-corrected chi connectivity index (χ2v) is 6.92. The average molecular weight is 488 g/mol. The first-order valence-corrected chi connectivity index (χ1v) is 10.6. The zero-order valence-corrected chi connectivity index (χ0v) is 20.7. The van der Waals surface area contributed by atoms with Gasteiger partial charge in [0, 0.05) is 47.6 Å². The Morgan fingerprint density at radius 2 is 1.88 bits per heavy atom. The van der Waals surface area contributed by atoms with E-state index >= 15 is 0 Å². The van der Waals surface area contributed by atoms with Crippen LogP contribution in [0.15, 0.2) is 18.2 Å². The third-order valence-electron chi connectivity index (χ3n) is 4.37. The summed E-state index contributed by atoms with van der Waals surface area (Å²) in [6, 6.07) is 5.04. The lowest BCUT2D eigenvalue weighted by Crippen LogP contribution is -2.44. The predicted molar refractivity (Wildman–Crippen MR) is 123 cm³/mol. The quantitative estimate of drug-likeness (QED) is 0.279. The van der Waals surface area contributed by atoms with E-state index < -0.39 is 30.4 Å². The maximum Gasteiger partial charge on any atom is 0.335 e. The number of hydrogen-bond acceptors (Lipinski definition) is 11. The number of aliphatic hydroxyl groups is 1. The number of methoxy groups -OCH3 is 3. The Morgan fingerprint density at radius 1 is 1.18 bits per heavy atom. The molecular formula is C23H37NO10. The molecule has 2 N–H and O–H groups in total. The number of rotatable bonds is 10. The third kappa shape index (κ3) is 12.1. The highest BCUT2D eigenvalue weighted by Gasteiger charge is 2.37. The molecule has 2 rings (SSSR count). The van der Waals surface area contributed by atoms with Gasteiger partial charge in [0.05, 0.1) is 25.9 Å². The van der Waals surface area contributed by atoms with Gasteiger partial charge in [-0.3, -0.25) is 9.59 Å². The second-order valence-electron chi connectivity index (χ2n) is 6.92. The molecule has 0 bridgehead atoms. The van der Waals surface area contributed by atoms with Crippen LogP contribution in [0.3, 0.4) is 0 Å². The summed E-state index contributed by atoms with van der Waals surface area (Å²) >= 11 is 0. The molecule has 1 aliphatic rings. The fourth-order valence-corrected chi connectivity index (χ4v) is 2.93.